The van der Waals surface area contributed by atoms with E-state index in [2.05, 4.69) is 6.92 Å². The van der Waals surface area contributed by atoms with Crippen LogP contribution in [0.5, 0.6) is 0 Å². The number of halogens is 1. The van der Waals surface area contributed by atoms with E-state index in [4.69, 9.17) is 11.6 Å². The third kappa shape index (κ3) is 2.88. The fraction of sp³-hybridized carbons (Fsp3) is 0.444. The zero-order valence-electron chi connectivity index (χ0n) is 13.5. The Morgan fingerprint density at radius 3 is 2.78 bits per heavy atom. The number of piperidine rings is 1. The molecule has 0 aliphatic carbocycles. The van der Waals surface area contributed by atoms with Crippen LogP contribution in [-0.2, 0) is 0 Å². The molecule has 23 heavy (non-hydrogen) atoms. The van der Waals surface area contributed by atoms with Gasteiger partial charge >= 0.3 is 0 Å². The van der Waals surface area contributed by atoms with Gasteiger partial charge in [-0.3, -0.25) is 14.2 Å². The van der Waals surface area contributed by atoms with E-state index >= 15 is 0 Å². The van der Waals surface area contributed by atoms with Crippen LogP contribution >= 0.6 is 11.6 Å². The third-order valence-electron chi connectivity index (χ3n) is 4.70. The van der Waals surface area contributed by atoms with Gasteiger partial charge in [-0.25, -0.2) is 0 Å². The average molecular weight is 333 g/mol. The van der Waals surface area contributed by atoms with Gasteiger partial charge < -0.3 is 4.90 Å². The predicted molar refractivity (Wildman–Crippen MR) is 92.2 cm³/mol. The second-order valence-electron chi connectivity index (χ2n) is 6.15. The van der Waals surface area contributed by atoms with Crippen LogP contribution in [0.4, 0.5) is 0 Å². The lowest BCUT2D eigenvalue weighted by Gasteiger charge is -2.35. The van der Waals surface area contributed by atoms with E-state index in [1.165, 1.54) is 17.9 Å². The number of amides is 1. The summed E-state index contributed by atoms with van der Waals surface area (Å²) < 4.78 is 1.51. The van der Waals surface area contributed by atoms with Crippen LogP contribution in [0.1, 0.15) is 54.7 Å². The monoisotopic (exact) mass is 332 g/mol. The van der Waals surface area contributed by atoms with E-state index < -0.39 is 0 Å². The Kier molecular flexibility index (Phi) is 4.44. The zero-order valence-corrected chi connectivity index (χ0v) is 14.3. The fourth-order valence-electron chi connectivity index (χ4n) is 3.48. The van der Waals surface area contributed by atoms with Crippen molar-refractivity contribution >= 4 is 34.3 Å². The van der Waals surface area contributed by atoms with Crippen LogP contribution in [0.2, 0.25) is 5.02 Å². The van der Waals surface area contributed by atoms with Crippen LogP contribution in [0, 0.1) is 0 Å². The second kappa shape index (κ2) is 6.36. The number of nitrogens with zero attached hydrogens (tertiary/aromatic N) is 2. The first-order valence-electron chi connectivity index (χ1n) is 8.15. The summed E-state index contributed by atoms with van der Waals surface area (Å²) in [7, 11) is 0. The van der Waals surface area contributed by atoms with Gasteiger partial charge in [0.1, 0.15) is 0 Å². The van der Waals surface area contributed by atoms with Gasteiger partial charge in [-0.1, -0.05) is 24.6 Å². The highest BCUT2D eigenvalue weighted by Gasteiger charge is 2.28. The van der Waals surface area contributed by atoms with Gasteiger partial charge in [0.25, 0.3) is 5.91 Å². The minimum Gasteiger partial charge on any atom is -0.336 e. The lowest BCUT2D eigenvalue weighted by Crippen LogP contribution is -2.43. The van der Waals surface area contributed by atoms with Crippen molar-refractivity contribution in [2.24, 2.45) is 0 Å². The van der Waals surface area contributed by atoms with Crippen molar-refractivity contribution in [1.82, 2.24) is 9.47 Å². The number of carbonyl (C=O) groups is 2. The number of likely N-dealkylation sites (tertiary alicyclic amines) is 1. The smallest absolute Gasteiger partial charge is 0.256 e. The topological polar surface area (TPSA) is 42.3 Å². The van der Waals surface area contributed by atoms with Crippen molar-refractivity contribution in [2.45, 2.75) is 45.6 Å². The number of hydrogen-bond donors (Lipinski definition) is 0. The van der Waals surface area contributed by atoms with Gasteiger partial charge in [0, 0.05) is 36.1 Å². The van der Waals surface area contributed by atoms with Gasteiger partial charge in [-0.2, -0.15) is 0 Å². The number of hydrogen-bond acceptors (Lipinski definition) is 2. The molecule has 1 atom stereocenters. The minimum absolute atomic E-state index is 0.0175. The molecule has 2 heterocycles. The maximum absolute atomic E-state index is 13.1. The molecule has 1 amide bonds. The number of benzene rings is 1. The summed E-state index contributed by atoms with van der Waals surface area (Å²) in [5.74, 6) is -0.106. The molecule has 0 N–H and O–H groups in total. The Balaban J connectivity index is 2.08. The summed E-state index contributed by atoms with van der Waals surface area (Å²) in [6.07, 6.45) is 5.89. The molecule has 1 saturated heterocycles. The number of fused-ring (bicyclic) bond motifs is 1. The summed E-state index contributed by atoms with van der Waals surface area (Å²) in [5, 5.41) is 1.34. The molecule has 122 valence electrons. The first kappa shape index (κ1) is 16.1. The number of carbonyl (C=O) groups excluding carboxylic acids is 2. The molecular weight excluding hydrogens is 312 g/mol. The van der Waals surface area contributed by atoms with Crippen molar-refractivity contribution in [3.05, 3.63) is 35.0 Å². The minimum atomic E-state index is -0.123. The Labute approximate surface area is 141 Å². The van der Waals surface area contributed by atoms with Gasteiger partial charge in [0.05, 0.1) is 11.1 Å². The number of aromatic nitrogens is 1. The van der Waals surface area contributed by atoms with E-state index in [0.717, 1.165) is 31.2 Å². The molecule has 1 aliphatic heterocycles. The third-order valence-corrected chi connectivity index (χ3v) is 4.93. The Morgan fingerprint density at radius 2 is 2.09 bits per heavy atom. The summed E-state index contributed by atoms with van der Waals surface area (Å²) in [6, 6.07) is 5.62. The molecule has 1 unspecified atom stereocenters. The molecule has 3 rings (SSSR count). The Hall–Kier alpha value is -1.81. The molecule has 4 nitrogen and oxygen atoms in total. The average Bonchev–Trinajstić information content (AvgIpc) is 2.93. The summed E-state index contributed by atoms with van der Waals surface area (Å²) in [5.41, 5.74) is 1.28. The highest BCUT2D eigenvalue weighted by Crippen LogP contribution is 2.28. The lowest BCUT2D eigenvalue weighted by atomic mass is 9.99. The van der Waals surface area contributed by atoms with Gasteiger partial charge in [0.15, 0.2) is 0 Å². The van der Waals surface area contributed by atoms with E-state index in [-0.39, 0.29) is 11.8 Å². The van der Waals surface area contributed by atoms with Crippen LogP contribution < -0.4 is 0 Å². The highest BCUT2D eigenvalue weighted by molar-refractivity contribution is 6.31. The van der Waals surface area contributed by atoms with Gasteiger partial charge in [-0.15, -0.1) is 0 Å². The molecule has 1 fully saturated rings. The molecule has 0 saturated carbocycles. The molecule has 0 spiro atoms. The maximum Gasteiger partial charge on any atom is 0.256 e. The van der Waals surface area contributed by atoms with Crippen LogP contribution in [0.25, 0.3) is 10.9 Å². The maximum atomic E-state index is 13.1. The summed E-state index contributed by atoms with van der Waals surface area (Å²) in [6.45, 7) is 4.40. The zero-order chi connectivity index (χ0) is 16.6. The van der Waals surface area contributed by atoms with Crippen LogP contribution in [-0.4, -0.2) is 33.9 Å². The Bertz CT molecular complexity index is 766. The molecule has 2 aromatic rings. The predicted octanol–water partition coefficient (Wildman–Crippen LogP) is 4.36. The normalized spacial score (nSPS) is 18.4. The largest absolute Gasteiger partial charge is 0.336 e. The quantitative estimate of drug-likeness (QED) is 0.820. The van der Waals surface area contributed by atoms with Crippen LogP contribution in [0.15, 0.2) is 24.4 Å². The SMILES string of the molecule is CCC1CCCCN1C(=O)c1cn(C(C)=O)c2cc(Cl)ccc12. The van der Waals surface area contributed by atoms with E-state index in [1.807, 2.05) is 11.0 Å². The van der Waals surface area contributed by atoms with Crippen molar-refractivity contribution in [3.8, 4) is 0 Å². The van der Waals surface area contributed by atoms with Crippen molar-refractivity contribution < 1.29 is 9.59 Å². The standard InChI is InChI=1S/C18H21ClN2O2/c1-3-14-6-4-5-9-20(14)18(23)16-11-21(12(2)22)17-10-13(19)7-8-15(16)17/h7-8,10-11,14H,3-6,9H2,1-2H3. The molecule has 1 aliphatic rings. The van der Waals surface area contributed by atoms with E-state index in [1.54, 1.807) is 18.3 Å². The molecule has 1 aromatic heterocycles. The van der Waals surface area contributed by atoms with Crippen molar-refractivity contribution in [3.63, 3.8) is 0 Å². The molecular formula is C18H21ClN2O2. The molecule has 5 heteroatoms. The van der Waals surface area contributed by atoms with E-state index in [9.17, 15) is 9.59 Å². The Morgan fingerprint density at radius 1 is 1.30 bits per heavy atom. The highest BCUT2D eigenvalue weighted by atomic mass is 35.5. The molecule has 1 aromatic carbocycles. The molecule has 0 bridgehead atoms. The lowest BCUT2D eigenvalue weighted by molar-refractivity contribution is 0.0610. The second-order valence-corrected chi connectivity index (χ2v) is 6.59. The molecule has 0 radical (unpaired) electrons. The van der Waals surface area contributed by atoms with Crippen molar-refractivity contribution in [1.29, 1.82) is 0 Å². The summed E-state index contributed by atoms with van der Waals surface area (Å²) in [4.78, 5) is 26.9. The number of rotatable bonds is 2. The van der Waals surface area contributed by atoms with E-state index in [0.29, 0.717) is 22.1 Å². The van der Waals surface area contributed by atoms with Gasteiger partial charge in [-0.05, 0) is 37.8 Å². The first-order chi connectivity index (χ1) is 11.0. The fourth-order valence-corrected chi connectivity index (χ4v) is 3.64. The van der Waals surface area contributed by atoms with Gasteiger partial charge in [0.2, 0.25) is 5.91 Å². The summed E-state index contributed by atoms with van der Waals surface area (Å²) >= 11 is 6.06. The first-order valence-corrected chi connectivity index (χ1v) is 8.53. The van der Waals surface area contributed by atoms with Crippen molar-refractivity contribution in [2.75, 3.05) is 6.54 Å². The van der Waals surface area contributed by atoms with Crippen LogP contribution in [0.3, 0.4) is 0 Å².